The Hall–Kier alpha value is -3.84. The highest BCUT2D eigenvalue weighted by Crippen LogP contribution is 2.50. The minimum Gasteiger partial charge on any atom is -0.341 e. The van der Waals surface area contributed by atoms with Gasteiger partial charge in [-0.2, -0.15) is 18.7 Å². The molecule has 0 radical (unpaired) electrons. The van der Waals surface area contributed by atoms with Gasteiger partial charge < -0.3 is 10.2 Å². The van der Waals surface area contributed by atoms with Crippen LogP contribution in [-0.4, -0.2) is 40.5 Å². The number of hydrogen-bond donors (Lipinski definition) is 4. The van der Waals surface area contributed by atoms with Gasteiger partial charge in [0.15, 0.2) is 0 Å². The first-order valence-electron chi connectivity index (χ1n) is 16.5. The van der Waals surface area contributed by atoms with Crippen molar-refractivity contribution in [1.29, 1.82) is 0 Å². The fourth-order valence-electron chi connectivity index (χ4n) is 6.91. The van der Waals surface area contributed by atoms with Gasteiger partial charge in [-0.25, -0.2) is 9.82 Å². The van der Waals surface area contributed by atoms with E-state index in [0.717, 1.165) is 37.0 Å². The number of rotatable bonds is 8. The van der Waals surface area contributed by atoms with Crippen LogP contribution in [-0.2, 0) is 11.0 Å². The zero-order valence-corrected chi connectivity index (χ0v) is 28.4. The van der Waals surface area contributed by atoms with Crippen molar-refractivity contribution in [2.45, 2.75) is 97.9 Å². The van der Waals surface area contributed by atoms with E-state index in [-0.39, 0.29) is 34.6 Å². The van der Waals surface area contributed by atoms with Crippen molar-refractivity contribution < 1.29 is 32.6 Å². The highest BCUT2D eigenvalue weighted by molar-refractivity contribution is 6.46. The number of amides is 2. The number of hydrogen-bond acceptors (Lipinski definition) is 6. The largest absolute Gasteiger partial charge is 0.416 e. The van der Waals surface area contributed by atoms with E-state index in [4.69, 9.17) is 4.99 Å². The molecule has 1 spiro atoms. The SMILES string of the molecule is CC(C)(C)CCC(c1ccc(C(=O)NCC2=NNN[NH2+]2)cc1)N1C(=O)C(c2cc(F)cc(C(F)(F)F)c2)=NC12CCC(C(C)(C)C)CC2. The van der Waals surface area contributed by atoms with Crippen molar-refractivity contribution in [2.24, 2.45) is 26.8 Å². The molecule has 2 amide bonds. The molecule has 260 valence electrons. The Morgan fingerprint density at radius 2 is 1.73 bits per heavy atom. The fraction of sp³-hybridized carbons (Fsp3) is 0.543. The molecule has 0 bridgehead atoms. The standard InChI is InChI=1S/C35H45F4N7O2/c1-32(2,3)14-13-27(21-7-9-22(10-8-21)30(47)40-20-28-42-44-45-43-28)46-31(48)29(23-17-25(35(37,38)39)19-26(36)18-23)41-34(46)15-11-24(12-16-34)33(4,5)6/h7-10,17-19,24,27,44-45H,11-16,20H2,1-6H3,(H,40,47)(H,42,43)/p+1. The number of nitrogens with two attached hydrogens (primary N) is 1. The summed E-state index contributed by atoms with van der Waals surface area (Å²) in [6.45, 7) is 13.1. The Balaban J connectivity index is 1.53. The van der Waals surface area contributed by atoms with E-state index < -0.39 is 35.2 Å². The number of alkyl halides is 3. The first kappa shape index (κ1) is 35.5. The van der Waals surface area contributed by atoms with E-state index in [2.05, 4.69) is 63.0 Å². The van der Waals surface area contributed by atoms with Crippen LogP contribution in [0.3, 0.4) is 0 Å². The number of halogens is 4. The third kappa shape index (κ3) is 7.89. The van der Waals surface area contributed by atoms with Crippen LogP contribution in [0, 0.1) is 22.6 Å². The van der Waals surface area contributed by atoms with Crippen molar-refractivity contribution >= 4 is 23.4 Å². The number of aliphatic imine (C=N–C) groups is 1. The van der Waals surface area contributed by atoms with Gasteiger partial charge >= 0.3 is 6.18 Å². The number of carbonyl (C=O) groups is 2. The molecule has 48 heavy (non-hydrogen) atoms. The maximum absolute atomic E-state index is 14.6. The van der Waals surface area contributed by atoms with E-state index in [1.54, 1.807) is 22.5 Å². The Labute approximate surface area is 279 Å². The smallest absolute Gasteiger partial charge is 0.341 e. The average Bonchev–Trinajstić information content (AvgIpc) is 3.62. The van der Waals surface area contributed by atoms with Gasteiger partial charge in [0.2, 0.25) is 0 Å². The number of hydrazine groups is 1. The lowest BCUT2D eigenvalue weighted by atomic mass is 9.69. The lowest BCUT2D eigenvalue weighted by Crippen LogP contribution is -2.96. The average molecular weight is 673 g/mol. The van der Waals surface area contributed by atoms with Crippen molar-refractivity contribution in [3.05, 3.63) is 70.5 Å². The minimum atomic E-state index is -4.79. The van der Waals surface area contributed by atoms with Crippen molar-refractivity contribution in [3.63, 3.8) is 0 Å². The van der Waals surface area contributed by atoms with Crippen LogP contribution in [0.15, 0.2) is 52.6 Å². The van der Waals surface area contributed by atoms with Gasteiger partial charge in [-0.15, -0.1) is 5.10 Å². The van der Waals surface area contributed by atoms with Gasteiger partial charge in [0.1, 0.15) is 23.7 Å². The predicted molar refractivity (Wildman–Crippen MR) is 175 cm³/mol. The fourth-order valence-corrected chi connectivity index (χ4v) is 6.91. The van der Waals surface area contributed by atoms with Gasteiger partial charge in [0.25, 0.3) is 17.6 Å². The molecule has 1 unspecified atom stereocenters. The van der Waals surface area contributed by atoms with Gasteiger partial charge in [-0.1, -0.05) is 59.2 Å². The summed E-state index contributed by atoms with van der Waals surface area (Å²) in [5, 5.41) is 6.83. The van der Waals surface area contributed by atoms with Gasteiger partial charge in [-0.3, -0.25) is 14.6 Å². The molecule has 1 atom stereocenters. The first-order valence-corrected chi connectivity index (χ1v) is 16.5. The predicted octanol–water partition coefficient (Wildman–Crippen LogP) is 5.61. The van der Waals surface area contributed by atoms with E-state index in [9.17, 15) is 27.2 Å². The summed E-state index contributed by atoms with van der Waals surface area (Å²) in [5.41, 5.74) is 5.62. The molecule has 0 aromatic heterocycles. The van der Waals surface area contributed by atoms with E-state index in [1.165, 1.54) is 0 Å². The molecular formula is C35H46F4N7O2+. The van der Waals surface area contributed by atoms with Crippen LogP contribution in [0.2, 0.25) is 0 Å². The van der Waals surface area contributed by atoms with Crippen LogP contribution < -0.4 is 21.8 Å². The zero-order valence-electron chi connectivity index (χ0n) is 28.4. The molecule has 2 aromatic rings. The topological polar surface area (TPSA) is 115 Å². The number of carbonyl (C=O) groups excluding carboxylic acids is 2. The van der Waals surface area contributed by atoms with Crippen LogP contribution in [0.5, 0.6) is 0 Å². The summed E-state index contributed by atoms with van der Waals surface area (Å²) in [6.07, 6.45) is -0.883. The Bertz CT molecular complexity index is 1580. The van der Waals surface area contributed by atoms with Crippen LogP contribution in [0.25, 0.3) is 0 Å². The summed E-state index contributed by atoms with van der Waals surface area (Å²) in [7, 11) is 0. The van der Waals surface area contributed by atoms with E-state index in [1.807, 2.05) is 12.1 Å². The Morgan fingerprint density at radius 1 is 1.06 bits per heavy atom. The molecule has 1 saturated carbocycles. The van der Waals surface area contributed by atoms with E-state index >= 15 is 0 Å². The maximum atomic E-state index is 14.6. The molecule has 1 fully saturated rings. The number of nitrogens with zero attached hydrogens (tertiary/aromatic N) is 3. The van der Waals surface area contributed by atoms with Crippen LogP contribution in [0.4, 0.5) is 17.6 Å². The lowest BCUT2D eigenvalue weighted by Gasteiger charge is -2.47. The molecule has 5 rings (SSSR count). The number of nitrogens with one attached hydrogen (secondary N) is 3. The van der Waals surface area contributed by atoms with Crippen molar-refractivity contribution in [2.75, 3.05) is 6.54 Å². The summed E-state index contributed by atoms with van der Waals surface area (Å²) in [5.74, 6) is -0.877. The molecule has 1 aliphatic carbocycles. The number of amidine groups is 1. The van der Waals surface area contributed by atoms with Gasteiger partial charge in [-0.05, 0) is 91.2 Å². The van der Waals surface area contributed by atoms with Crippen LogP contribution >= 0.6 is 0 Å². The Kier molecular flexibility index (Phi) is 9.77. The molecule has 13 heteroatoms. The zero-order chi connectivity index (χ0) is 35.1. The normalized spacial score (nSPS) is 22.4. The second-order valence-corrected chi connectivity index (χ2v) is 15.4. The van der Waals surface area contributed by atoms with Crippen molar-refractivity contribution in [3.8, 4) is 0 Å². The third-order valence-electron chi connectivity index (χ3n) is 9.67. The first-order chi connectivity index (χ1) is 22.4. The van der Waals surface area contributed by atoms with Crippen molar-refractivity contribution in [1.82, 2.24) is 21.3 Å². The number of hydrazone groups is 1. The summed E-state index contributed by atoms with van der Waals surface area (Å²) in [4.78, 5) is 34.2. The summed E-state index contributed by atoms with van der Waals surface area (Å²) in [6, 6.07) is 8.79. The molecule has 5 N–H and O–H groups in total. The second kappa shape index (κ2) is 13.2. The maximum Gasteiger partial charge on any atom is 0.416 e. The molecule has 2 aliphatic heterocycles. The van der Waals surface area contributed by atoms with Gasteiger partial charge in [0, 0.05) is 11.1 Å². The number of quaternary nitrogens is 1. The molecule has 2 aromatic carbocycles. The second-order valence-electron chi connectivity index (χ2n) is 15.4. The minimum absolute atomic E-state index is 0.0310. The summed E-state index contributed by atoms with van der Waals surface area (Å²) >= 11 is 0. The molecule has 9 nitrogen and oxygen atoms in total. The molecular weight excluding hydrogens is 626 g/mol. The highest BCUT2D eigenvalue weighted by atomic mass is 19.4. The van der Waals surface area contributed by atoms with Gasteiger partial charge in [0.05, 0.1) is 11.6 Å². The van der Waals surface area contributed by atoms with E-state index in [0.29, 0.717) is 42.6 Å². The number of benzene rings is 2. The molecule has 2 heterocycles. The third-order valence-corrected chi connectivity index (χ3v) is 9.67. The lowest BCUT2D eigenvalue weighted by molar-refractivity contribution is -0.603. The quantitative estimate of drug-likeness (QED) is 0.216. The molecule has 3 aliphatic rings. The summed E-state index contributed by atoms with van der Waals surface area (Å²) < 4.78 is 55.9. The highest BCUT2D eigenvalue weighted by Gasteiger charge is 2.53. The van der Waals surface area contributed by atoms with Crippen LogP contribution in [0.1, 0.15) is 113 Å². The molecule has 0 saturated heterocycles. The monoisotopic (exact) mass is 672 g/mol. The Morgan fingerprint density at radius 3 is 2.29 bits per heavy atom.